The molecule has 1 saturated heterocycles. The quantitative estimate of drug-likeness (QED) is 0.872. The third-order valence-corrected chi connectivity index (χ3v) is 4.00. The van der Waals surface area contributed by atoms with E-state index in [0.29, 0.717) is 11.5 Å². The monoisotopic (exact) mass is 311 g/mol. The minimum Gasteiger partial charge on any atom is -0.508 e. The molecular formula is C14H18BrNO2. The summed E-state index contributed by atoms with van der Waals surface area (Å²) in [6, 6.07) is 5.14. The lowest BCUT2D eigenvalue weighted by Crippen LogP contribution is -2.28. The number of alkyl halides is 1. The summed E-state index contributed by atoms with van der Waals surface area (Å²) in [5, 5.41) is 10.6. The van der Waals surface area contributed by atoms with Gasteiger partial charge < -0.3 is 10.0 Å². The zero-order chi connectivity index (χ0) is 13.1. The van der Waals surface area contributed by atoms with Gasteiger partial charge in [-0.15, -0.1) is 0 Å². The Hall–Kier alpha value is -1.03. The maximum atomic E-state index is 12.3. The molecule has 0 aliphatic carbocycles. The fourth-order valence-corrected chi connectivity index (χ4v) is 2.98. The second-order valence-corrected chi connectivity index (χ2v) is 5.68. The number of likely N-dealkylation sites (tertiary alicyclic amines) is 1. The van der Waals surface area contributed by atoms with Gasteiger partial charge in [0.25, 0.3) is 5.91 Å². The lowest BCUT2D eigenvalue weighted by atomic mass is 10.1. The molecule has 0 radical (unpaired) electrons. The van der Waals surface area contributed by atoms with E-state index in [4.69, 9.17) is 0 Å². The Morgan fingerprint density at radius 3 is 3.00 bits per heavy atom. The van der Waals surface area contributed by atoms with E-state index in [1.807, 2.05) is 11.8 Å². The highest BCUT2D eigenvalue weighted by Crippen LogP contribution is 2.24. The van der Waals surface area contributed by atoms with E-state index in [9.17, 15) is 9.90 Å². The predicted molar refractivity (Wildman–Crippen MR) is 75.3 cm³/mol. The highest BCUT2D eigenvalue weighted by molar-refractivity contribution is 9.09. The fraction of sp³-hybridized carbons (Fsp3) is 0.500. The molecule has 1 atom stereocenters. The molecule has 2 rings (SSSR count). The number of rotatable bonds is 3. The van der Waals surface area contributed by atoms with Crippen LogP contribution in [0.1, 0.15) is 28.8 Å². The summed E-state index contributed by atoms with van der Waals surface area (Å²) in [7, 11) is 0. The molecule has 0 spiro atoms. The maximum Gasteiger partial charge on any atom is 0.253 e. The van der Waals surface area contributed by atoms with Gasteiger partial charge in [0.1, 0.15) is 5.75 Å². The molecule has 1 N–H and O–H groups in total. The first kappa shape index (κ1) is 13.4. The Morgan fingerprint density at radius 1 is 1.56 bits per heavy atom. The van der Waals surface area contributed by atoms with Crippen LogP contribution >= 0.6 is 15.9 Å². The van der Waals surface area contributed by atoms with E-state index < -0.39 is 0 Å². The number of carbonyl (C=O) groups excluding carboxylic acids is 1. The third kappa shape index (κ3) is 2.86. The van der Waals surface area contributed by atoms with Crippen molar-refractivity contribution in [3.05, 3.63) is 29.3 Å². The minimum absolute atomic E-state index is 0.0300. The Kier molecular flexibility index (Phi) is 4.27. The number of aryl methyl sites for hydroxylation is 1. The number of hydrogen-bond donors (Lipinski definition) is 1. The van der Waals surface area contributed by atoms with Crippen molar-refractivity contribution in [1.82, 2.24) is 4.90 Å². The average molecular weight is 312 g/mol. The second-order valence-electron chi connectivity index (χ2n) is 4.88. The highest BCUT2D eigenvalue weighted by Gasteiger charge is 2.26. The molecule has 3 nitrogen and oxygen atoms in total. The van der Waals surface area contributed by atoms with Crippen LogP contribution in [0.4, 0.5) is 0 Å². The van der Waals surface area contributed by atoms with E-state index in [0.717, 1.165) is 36.8 Å². The first-order valence-electron chi connectivity index (χ1n) is 6.26. The molecular weight excluding hydrogens is 294 g/mol. The molecule has 1 heterocycles. The molecule has 98 valence electrons. The van der Waals surface area contributed by atoms with Crippen LogP contribution in [-0.2, 0) is 0 Å². The molecule has 1 aliphatic heterocycles. The maximum absolute atomic E-state index is 12.3. The number of phenols is 1. The number of benzene rings is 1. The van der Waals surface area contributed by atoms with Crippen LogP contribution in [0, 0.1) is 12.8 Å². The van der Waals surface area contributed by atoms with E-state index in [2.05, 4.69) is 15.9 Å². The molecule has 1 aromatic rings. The van der Waals surface area contributed by atoms with Gasteiger partial charge in [-0.2, -0.15) is 0 Å². The molecule has 18 heavy (non-hydrogen) atoms. The molecule has 1 aromatic carbocycles. The Labute approximate surface area is 116 Å². The van der Waals surface area contributed by atoms with Gasteiger partial charge in [-0.1, -0.05) is 22.0 Å². The first-order valence-corrected chi connectivity index (χ1v) is 7.39. The van der Waals surface area contributed by atoms with Crippen LogP contribution in [0.15, 0.2) is 18.2 Å². The van der Waals surface area contributed by atoms with Gasteiger partial charge >= 0.3 is 0 Å². The Balaban J connectivity index is 2.05. The van der Waals surface area contributed by atoms with Gasteiger partial charge in [0, 0.05) is 24.0 Å². The van der Waals surface area contributed by atoms with Gasteiger partial charge in [-0.05, 0) is 43.4 Å². The largest absolute Gasteiger partial charge is 0.508 e. The number of amides is 1. The summed E-state index contributed by atoms with van der Waals surface area (Å²) in [6.45, 7) is 3.48. The topological polar surface area (TPSA) is 40.5 Å². The molecule has 1 aliphatic rings. The number of nitrogens with zero attached hydrogens (tertiary/aromatic N) is 1. The SMILES string of the molecule is Cc1ccc(C(=O)N2CCC(CCBr)C2)cc1O. The lowest BCUT2D eigenvalue weighted by molar-refractivity contribution is 0.0786. The van der Waals surface area contributed by atoms with Crippen molar-refractivity contribution in [2.45, 2.75) is 19.8 Å². The van der Waals surface area contributed by atoms with E-state index in [1.165, 1.54) is 0 Å². The molecule has 0 bridgehead atoms. The van der Waals surface area contributed by atoms with Crippen molar-refractivity contribution >= 4 is 21.8 Å². The molecule has 0 saturated carbocycles. The fourth-order valence-electron chi connectivity index (χ4n) is 2.33. The smallest absolute Gasteiger partial charge is 0.253 e. The van der Waals surface area contributed by atoms with Gasteiger partial charge in [0.05, 0.1) is 0 Å². The lowest BCUT2D eigenvalue weighted by Gasteiger charge is -2.16. The van der Waals surface area contributed by atoms with Crippen molar-refractivity contribution in [2.75, 3.05) is 18.4 Å². The number of phenolic OH excluding ortho intramolecular Hbond substituents is 1. The summed E-state index contributed by atoms with van der Waals surface area (Å²) in [5.41, 5.74) is 1.38. The minimum atomic E-state index is 0.0300. The van der Waals surface area contributed by atoms with E-state index in [-0.39, 0.29) is 11.7 Å². The first-order chi connectivity index (χ1) is 8.61. The highest BCUT2D eigenvalue weighted by atomic mass is 79.9. The van der Waals surface area contributed by atoms with Gasteiger partial charge in [0.15, 0.2) is 0 Å². The molecule has 0 aromatic heterocycles. The number of halogens is 1. The normalized spacial score (nSPS) is 19.2. The summed E-state index contributed by atoms with van der Waals surface area (Å²) < 4.78 is 0. The van der Waals surface area contributed by atoms with Crippen molar-refractivity contribution in [1.29, 1.82) is 0 Å². The Bertz CT molecular complexity index is 447. The van der Waals surface area contributed by atoms with Gasteiger partial charge in [-0.3, -0.25) is 4.79 Å². The zero-order valence-electron chi connectivity index (χ0n) is 10.5. The zero-order valence-corrected chi connectivity index (χ0v) is 12.1. The molecule has 1 unspecified atom stereocenters. The molecule has 1 fully saturated rings. The summed E-state index contributed by atoms with van der Waals surface area (Å²) in [6.07, 6.45) is 2.19. The van der Waals surface area contributed by atoms with Crippen LogP contribution in [0.25, 0.3) is 0 Å². The summed E-state index contributed by atoms with van der Waals surface area (Å²) >= 11 is 3.44. The summed E-state index contributed by atoms with van der Waals surface area (Å²) in [5.74, 6) is 0.826. The van der Waals surface area contributed by atoms with Gasteiger partial charge in [0.2, 0.25) is 0 Å². The molecule has 4 heteroatoms. The van der Waals surface area contributed by atoms with Crippen molar-refractivity contribution in [3.63, 3.8) is 0 Å². The van der Waals surface area contributed by atoms with Crippen LogP contribution in [-0.4, -0.2) is 34.3 Å². The van der Waals surface area contributed by atoms with E-state index in [1.54, 1.807) is 18.2 Å². The average Bonchev–Trinajstić information content (AvgIpc) is 2.81. The van der Waals surface area contributed by atoms with Gasteiger partial charge in [-0.25, -0.2) is 0 Å². The number of carbonyl (C=O) groups is 1. The van der Waals surface area contributed by atoms with Crippen LogP contribution < -0.4 is 0 Å². The molecule has 1 amide bonds. The van der Waals surface area contributed by atoms with E-state index >= 15 is 0 Å². The number of hydrogen-bond acceptors (Lipinski definition) is 2. The third-order valence-electron chi connectivity index (χ3n) is 3.55. The van der Waals surface area contributed by atoms with Crippen LogP contribution in [0.3, 0.4) is 0 Å². The summed E-state index contributed by atoms with van der Waals surface area (Å²) in [4.78, 5) is 14.1. The van der Waals surface area contributed by atoms with Crippen LogP contribution in [0.5, 0.6) is 5.75 Å². The number of aromatic hydroxyl groups is 1. The van der Waals surface area contributed by atoms with Crippen LogP contribution in [0.2, 0.25) is 0 Å². The second kappa shape index (κ2) is 5.74. The van der Waals surface area contributed by atoms with Crippen molar-refractivity contribution in [3.8, 4) is 5.75 Å². The van der Waals surface area contributed by atoms with Crippen molar-refractivity contribution in [2.24, 2.45) is 5.92 Å². The van der Waals surface area contributed by atoms with Crippen molar-refractivity contribution < 1.29 is 9.90 Å². The standard InChI is InChI=1S/C14H18BrNO2/c1-10-2-3-12(8-13(10)17)14(18)16-7-5-11(9-16)4-6-15/h2-3,8,11,17H,4-7,9H2,1H3. The Morgan fingerprint density at radius 2 is 2.33 bits per heavy atom. The predicted octanol–water partition coefficient (Wildman–Crippen LogP) is 2.95.